The number of amides is 1. The maximum absolute atomic E-state index is 12.1. The van der Waals surface area contributed by atoms with Gasteiger partial charge in [0.25, 0.3) is 5.91 Å². The van der Waals surface area contributed by atoms with Gasteiger partial charge >= 0.3 is 0 Å². The van der Waals surface area contributed by atoms with Crippen LogP contribution in [0, 0.1) is 13.8 Å². The molecule has 0 unspecified atom stereocenters. The lowest BCUT2D eigenvalue weighted by Crippen LogP contribution is -2.33. The zero-order valence-corrected chi connectivity index (χ0v) is 14.6. The van der Waals surface area contributed by atoms with E-state index < -0.39 is 0 Å². The monoisotopic (exact) mass is 330 g/mol. The lowest BCUT2D eigenvalue weighted by atomic mass is 10.1. The first-order chi connectivity index (χ1) is 11.6. The average Bonchev–Trinajstić information content (AvgIpc) is 2.88. The minimum atomic E-state index is -0.0544. The summed E-state index contributed by atoms with van der Waals surface area (Å²) in [6, 6.07) is 9.72. The van der Waals surface area contributed by atoms with Crippen molar-refractivity contribution in [2.75, 3.05) is 33.4 Å². The van der Waals surface area contributed by atoms with Crippen molar-refractivity contribution in [1.29, 1.82) is 0 Å². The number of carbonyl (C=O) groups is 1. The molecule has 0 spiro atoms. The normalized spacial score (nSPS) is 10.8. The van der Waals surface area contributed by atoms with Crippen molar-refractivity contribution in [2.24, 2.45) is 0 Å². The van der Waals surface area contributed by atoms with Crippen LogP contribution in [0.25, 0.3) is 0 Å². The predicted molar refractivity (Wildman–Crippen MR) is 94.3 cm³/mol. The number of nitrogens with zero attached hydrogens (tertiary/aromatic N) is 2. The molecule has 1 heterocycles. The first-order valence-electron chi connectivity index (χ1n) is 8.18. The van der Waals surface area contributed by atoms with E-state index in [2.05, 4.69) is 21.8 Å². The Kier molecular flexibility index (Phi) is 6.96. The molecule has 1 aromatic carbocycles. The minimum absolute atomic E-state index is 0.0544. The summed E-state index contributed by atoms with van der Waals surface area (Å²) < 4.78 is 6.91. The number of hydrogen-bond donors (Lipinski definition) is 2. The highest BCUT2D eigenvalue weighted by atomic mass is 16.5. The van der Waals surface area contributed by atoms with Gasteiger partial charge in [-0.2, -0.15) is 5.10 Å². The van der Waals surface area contributed by atoms with E-state index in [0.29, 0.717) is 25.3 Å². The predicted octanol–water partition coefficient (Wildman–Crippen LogP) is 1.51. The third-order valence-corrected chi connectivity index (χ3v) is 3.72. The molecule has 0 atom stereocenters. The number of hydrogen-bond acceptors (Lipinski definition) is 4. The number of ether oxygens (including phenoxy) is 1. The molecule has 0 aliphatic heterocycles. The number of methoxy groups -OCH3 is 1. The zero-order chi connectivity index (χ0) is 17.4. The number of aromatic nitrogens is 2. The smallest absolute Gasteiger partial charge is 0.251 e. The largest absolute Gasteiger partial charge is 0.383 e. The van der Waals surface area contributed by atoms with Crippen LogP contribution in [0.4, 0.5) is 0 Å². The fraction of sp³-hybridized carbons (Fsp3) is 0.444. The Morgan fingerprint density at radius 1 is 1.17 bits per heavy atom. The van der Waals surface area contributed by atoms with Crippen molar-refractivity contribution in [3.8, 4) is 0 Å². The molecule has 1 amide bonds. The van der Waals surface area contributed by atoms with E-state index in [1.165, 1.54) is 0 Å². The number of rotatable bonds is 9. The molecule has 24 heavy (non-hydrogen) atoms. The van der Waals surface area contributed by atoms with Gasteiger partial charge in [0.2, 0.25) is 0 Å². The molecule has 130 valence electrons. The second-order valence-corrected chi connectivity index (χ2v) is 5.78. The van der Waals surface area contributed by atoms with Crippen LogP contribution in [0.2, 0.25) is 0 Å². The Hall–Kier alpha value is -2.18. The lowest BCUT2D eigenvalue weighted by molar-refractivity contribution is 0.0953. The highest BCUT2D eigenvalue weighted by Crippen LogP contribution is 2.09. The molecule has 0 aliphatic carbocycles. The molecular formula is C18H26N4O2. The number of aryl methyl sites for hydroxylation is 2. The Labute approximate surface area is 143 Å². The molecule has 0 bridgehead atoms. The summed E-state index contributed by atoms with van der Waals surface area (Å²) in [5, 5.41) is 10.5. The van der Waals surface area contributed by atoms with E-state index in [9.17, 15) is 4.79 Å². The van der Waals surface area contributed by atoms with Crippen LogP contribution in [0.15, 0.2) is 30.3 Å². The van der Waals surface area contributed by atoms with E-state index in [1.54, 1.807) is 7.11 Å². The molecule has 0 radical (unpaired) electrons. The Bertz CT molecular complexity index is 650. The summed E-state index contributed by atoms with van der Waals surface area (Å²) in [6.07, 6.45) is 0. The van der Waals surface area contributed by atoms with Crippen LogP contribution < -0.4 is 10.6 Å². The van der Waals surface area contributed by atoms with Crippen LogP contribution in [-0.2, 0) is 11.3 Å². The molecule has 1 aromatic heterocycles. The van der Waals surface area contributed by atoms with Crippen LogP contribution in [-0.4, -0.2) is 49.0 Å². The van der Waals surface area contributed by atoms with Gasteiger partial charge in [-0.1, -0.05) is 12.1 Å². The second-order valence-electron chi connectivity index (χ2n) is 5.78. The van der Waals surface area contributed by atoms with Gasteiger partial charge in [-0.05, 0) is 37.6 Å². The Balaban J connectivity index is 1.80. The van der Waals surface area contributed by atoms with Gasteiger partial charge in [0.15, 0.2) is 0 Å². The highest BCUT2D eigenvalue weighted by Gasteiger charge is 2.06. The van der Waals surface area contributed by atoms with Crippen molar-refractivity contribution in [3.05, 3.63) is 52.8 Å². The number of carbonyl (C=O) groups excluding carboxylic acids is 1. The SMILES string of the molecule is COCCNCCNC(=O)c1ccc(Cn2nc(C)cc2C)cc1. The van der Waals surface area contributed by atoms with Crippen LogP contribution in [0.5, 0.6) is 0 Å². The first-order valence-corrected chi connectivity index (χ1v) is 8.18. The summed E-state index contributed by atoms with van der Waals surface area (Å²) in [7, 11) is 1.67. The van der Waals surface area contributed by atoms with Crippen molar-refractivity contribution in [1.82, 2.24) is 20.4 Å². The summed E-state index contributed by atoms with van der Waals surface area (Å²) in [4.78, 5) is 12.1. The Morgan fingerprint density at radius 3 is 2.54 bits per heavy atom. The average molecular weight is 330 g/mol. The first kappa shape index (κ1) is 18.2. The van der Waals surface area contributed by atoms with E-state index in [0.717, 1.165) is 30.0 Å². The number of nitrogens with one attached hydrogen (secondary N) is 2. The van der Waals surface area contributed by atoms with E-state index in [-0.39, 0.29) is 5.91 Å². The van der Waals surface area contributed by atoms with Crippen molar-refractivity contribution >= 4 is 5.91 Å². The molecule has 6 nitrogen and oxygen atoms in total. The molecule has 0 saturated carbocycles. The molecule has 0 aliphatic rings. The van der Waals surface area contributed by atoms with Crippen molar-refractivity contribution < 1.29 is 9.53 Å². The summed E-state index contributed by atoms with van der Waals surface area (Å²) >= 11 is 0. The van der Waals surface area contributed by atoms with Crippen LogP contribution >= 0.6 is 0 Å². The van der Waals surface area contributed by atoms with Crippen molar-refractivity contribution in [3.63, 3.8) is 0 Å². The highest BCUT2D eigenvalue weighted by molar-refractivity contribution is 5.94. The van der Waals surface area contributed by atoms with Gasteiger partial charge in [-0.15, -0.1) is 0 Å². The summed E-state index contributed by atoms with van der Waals surface area (Å²) in [6.45, 7) is 7.52. The quantitative estimate of drug-likeness (QED) is 0.684. The molecule has 0 saturated heterocycles. The molecule has 0 fully saturated rings. The standard InChI is InChI=1S/C18H26N4O2/c1-14-12-15(2)22(21-14)13-16-4-6-17(7-5-16)18(23)20-9-8-19-10-11-24-3/h4-7,12,19H,8-11,13H2,1-3H3,(H,20,23). The fourth-order valence-corrected chi connectivity index (χ4v) is 2.44. The zero-order valence-electron chi connectivity index (χ0n) is 14.6. The van der Waals surface area contributed by atoms with Crippen molar-refractivity contribution in [2.45, 2.75) is 20.4 Å². The van der Waals surface area contributed by atoms with Gasteiger partial charge in [0.05, 0.1) is 18.8 Å². The van der Waals surface area contributed by atoms with E-state index >= 15 is 0 Å². The van der Waals surface area contributed by atoms with E-state index in [4.69, 9.17) is 4.74 Å². The third-order valence-electron chi connectivity index (χ3n) is 3.72. The maximum Gasteiger partial charge on any atom is 0.251 e. The van der Waals surface area contributed by atoms with Gasteiger partial charge in [-0.3, -0.25) is 9.48 Å². The van der Waals surface area contributed by atoms with Gasteiger partial charge in [0.1, 0.15) is 0 Å². The topological polar surface area (TPSA) is 68.2 Å². The fourth-order valence-electron chi connectivity index (χ4n) is 2.44. The van der Waals surface area contributed by atoms with Gasteiger partial charge in [0, 0.05) is 38.0 Å². The van der Waals surface area contributed by atoms with E-state index in [1.807, 2.05) is 42.8 Å². The number of benzene rings is 1. The molecule has 2 rings (SSSR count). The maximum atomic E-state index is 12.1. The third kappa shape index (κ3) is 5.47. The molecule has 2 N–H and O–H groups in total. The molecule has 2 aromatic rings. The van der Waals surface area contributed by atoms with Gasteiger partial charge < -0.3 is 15.4 Å². The Morgan fingerprint density at radius 2 is 1.92 bits per heavy atom. The summed E-state index contributed by atoms with van der Waals surface area (Å²) in [5.74, 6) is -0.0544. The van der Waals surface area contributed by atoms with Gasteiger partial charge in [-0.25, -0.2) is 0 Å². The van der Waals surface area contributed by atoms with Crippen LogP contribution in [0.1, 0.15) is 27.3 Å². The summed E-state index contributed by atoms with van der Waals surface area (Å²) in [5.41, 5.74) is 3.95. The second kappa shape index (κ2) is 9.20. The minimum Gasteiger partial charge on any atom is -0.383 e. The molecule has 6 heteroatoms. The van der Waals surface area contributed by atoms with Crippen LogP contribution in [0.3, 0.4) is 0 Å². The lowest BCUT2D eigenvalue weighted by Gasteiger charge is -2.08. The molecular weight excluding hydrogens is 304 g/mol.